The Morgan fingerprint density at radius 2 is 1.61 bits per heavy atom. The van der Waals surface area contributed by atoms with Gasteiger partial charge in [0.2, 0.25) is 5.75 Å². The molecule has 2 N–H and O–H groups in total. The standard InChI is InChI=1S/C28H27N3O5/c1-34-21-15-18(16-22(35-2)27(21)36-3)26-23-24(19-11-7-8-12-20(19)32)29-30-25(23)28(33)31(26)14-13-17-9-5-4-6-10-17/h4-12,15-16,26,32H,13-14H2,1-3H3,(H,29,30)/t26-/m1/s1. The molecule has 0 saturated carbocycles. The van der Waals surface area contributed by atoms with Crippen LogP contribution in [0.15, 0.2) is 66.7 Å². The number of amides is 1. The fraction of sp³-hybridized carbons (Fsp3) is 0.214. The third-order valence-electron chi connectivity index (χ3n) is 6.51. The number of H-pyrrole nitrogens is 1. The monoisotopic (exact) mass is 485 g/mol. The quantitative estimate of drug-likeness (QED) is 0.379. The van der Waals surface area contributed by atoms with Crippen LogP contribution in [0.2, 0.25) is 0 Å². The van der Waals surface area contributed by atoms with E-state index in [1.165, 1.54) is 0 Å². The van der Waals surface area contributed by atoms with E-state index in [9.17, 15) is 9.90 Å². The molecule has 1 aliphatic heterocycles. The van der Waals surface area contributed by atoms with E-state index < -0.39 is 6.04 Å². The second kappa shape index (κ2) is 9.65. The molecule has 1 aliphatic rings. The Morgan fingerprint density at radius 3 is 2.25 bits per heavy atom. The number of phenolic OH excluding ortho intramolecular Hbond substituents is 1. The van der Waals surface area contributed by atoms with Crippen molar-refractivity contribution in [3.8, 4) is 34.3 Å². The fourth-order valence-corrected chi connectivity index (χ4v) is 4.81. The Bertz CT molecular complexity index is 1370. The van der Waals surface area contributed by atoms with Crippen molar-refractivity contribution in [3.63, 3.8) is 0 Å². The summed E-state index contributed by atoms with van der Waals surface area (Å²) in [6.07, 6.45) is 0.678. The molecule has 0 radical (unpaired) electrons. The molecule has 3 aromatic carbocycles. The van der Waals surface area contributed by atoms with Gasteiger partial charge in [-0.3, -0.25) is 9.89 Å². The predicted molar refractivity (Wildman–Crippen MR) is 135 cm³/mol. The summed E-state index contributed by atoms with van der Waals surface area (Å²) in [6.45, 7) is 0.479. The lowest BCUT2D eigenvalue weighted by Crippen LogP contribution is -2.31. The first kappa shape index (κ1) is 23.3. The zero-order valence-corrected chi connectivity index (χ0v) is 20.3. The number of carbonyl (C=O) groups is 1. The summed E-state index contributed by atoms with van der Waals surface area (Å²) in [6, 6.07) is 20.2. The molecule has 0 spiro atoms. The van der Waals surface area contributed by atoms with Crippen LogP contribution in [-0.2, 0) is 6.42 Å². The number of aromatic amines is 1. The maximum Gasteiger partial charge on any atom is 0.273 e. The molecule has 1 aromatic heterocycles. The van der Waals surface area contributed by atoms with Crippen LogP contribution in [0.25, 0.3) is 11.3 Å². The average Bonchev–Trinajstić information content (AvgIpc) is 3.46. The van der Waals surface area contributed by atoms with Gasteiger partial charge in [-0.15, -0.1) is 0 Å². The number of aromatic hydroxyl groups is 1. The van der Waals surface area contributed by atoms with Crippen LogP contribution in [0.3, 0.4) is 0 Å². The zero-order valence-electron chi connectivity index (χ0n) is 20.3. The maximum absolute atomic E-state index is 13.7. The number of methoxy groups -OCH3 is 3. The van der Waals surface area contributed by atoms with Crippen molar-refractivity contribution >= 4 is 5.91 Å². The number of hydrogen-bond acceptors (Lipinski definition) is 6. The molecule has 0 bridgehead atoms. The number of rotatable bonds is 8. The highest BCUT2D eigenvalue weighted by atomic mass is 16.5. The van der Waals surface area contributed by atoms with Crippen LogP contribution in [0.5, 0.6) is 23.0 Å². The number of para-hydroxylation sites is 1. The van der Waals surface area contributed by atoms with E-state index in [0.29, 0.717) is 52.7 Å². The fourth-order valence-electron chi connectivity index (χ4n) is 4.81. The average molecular weight is 486 g/mol. The summed E-state index contributed by atoms with van der Waals surface area (Å²) in [4.78, 5) is 15.5. The van der Waals surface area contributed by atoms with E-state index in [2.05, 4.69) is 10.2 Å². The van der Waals surface area contributed by atoms with Crippen molar-refractivity contribution in [1.82, 2.24) is 15.1 Å². The van der Waals surface area contributed by atoms with Crippen molar-refractivity contribution in [2.24, 2.45) is 0 Å². The third kappa shape index (κ3) is 3.90. The summed E-state index contributed by atoms with van der Waals surface area (Å²) in [7, 11) is 4.67. The molecule has 1 atom stereocenters. The maximum atomic E-state index is 13.7. The Labute approximate surface area is 209 Å². The molecule has 0 aliphatic carbocycles. The first-order chi connectivity index (χ1) is 17.6. The highest BCUT2D eigenvalue weighted by Gasteiger charge is 2.43. The number of hydrogen-bond donors (Lipinski definition) is 2. The Balaban J connectivity index is 1.66. The highest BCUT2D eigenvalue weighted by Crippen LogP contribution is 2.48. The van der Waals surface area contributed by atoms with Gasteiger partial charge in [-0.05, 0) is 41.8 Å². The molecule has 184 valence electrons. The molecule has 8 nitrogen and oxygen atoms in total. The van der Waals surface area contributed by atoms with Crippen molar-refractivity contribution in [2.75, 3.05) is 27.9 Å². The number of phenols is 1. The van der Waals surface area contributed by atoms with E-state index in [1.807, 2.05) is 53.4 Å². The molecule has 1 amide bonds. The molecular weight excluding hydrogens is 458 g/mol. The Hall–Kier alpha value is -4.46. The molecule has 36 heavy (non-hydrogen) atoms. The largest absolute Gasteiger partial charge is 0.507 e. The van der Waals surface area contributed by atoms with Gasteiger partial charge in [-0.1, -0.05) is 42.5 Å². The van der Waals surface area contributed by atoms with Crippen LogP contribution in [0, 0.1) is 0 Å². The summed E-state index contributed by atoms with van der Waals surface area (Å²) >= 11 is 0. The molecule has 8 heteroatoms. The smallest absolute Gasteiger partial charge is 0.273 e. The van der Waals surface area contributed by atoms with Crippen LogP contribution < -0.4 is 14.2 Å². The van der Waals surface area contributed by atoms with Gasteiger partial charge in [0.05, 0.1) is 27.4 Å². The SMILES string of the molecule is COc1cc([C@@H]2c3c(-c4ccccc4O)n[nH]c3C(=O)N2CCc2ccccc2)cc(OC)c1OC. The van der Waals surface area contributed by atoms with E-state index in [4.69, 9.17) is 14.2 Å². The number of nitrogens with zero attached hydrogens (tertiary/aromatic N) is 2. The molecular formula is C28H27N3O5. The van der Waals surface area contributed by atoms with Crippen molar-refractivity contribution in [3.05, 3.63) is 89.1 Å². The first-order valence-corrected chi connectivity index (χ1v) is 11.6. The number of ether oxygens (including phenoxy) is 3. The second-order valence-electron chi connectivity index (χ2n) is 8.47. The number of benzene rings is 3. The minimum atomic E-state index is -0.488. The zero-order chi connectivity index (χ0) is 25.2. The predicted octanol–water partition coefficient (Wildman–Crippen LogP) is 4.60. The normalized spacial score (nSPS) is 14.6. The van der Waals surface area contributed by atoms with E-state index in [0.717, 1.165) is 11.1 Å². The van der Waals surface area contributed by atoms with Crippen LogP contribution in [0.1, 0.15) is 33.2 Å². The topological polar surface area (TPSA) is 96.9 Å². The van der Waals surface area contributed by atoms with Crippen LogP contribution in [-0.4, -0.2) is 54.0 Å². The molecule has 0 fully saturated rings. The van der Waals surface area contributed by atoms with Crippen molar-refractivity contribution < 1.29 is 24.1 Å². The lowest BCUT2D eigenvalue weighted by molar-refractivity contribution is 0.0745. The van der Waals surface area contributed by atoms with E-state index in [1.54, 1.807) is 39.5 Å². The molecule has 0 saturated heterocycles. The van der Waals surface area contributed by atoms with Gasteiger partial charge >= 0.3 is 0 Å². The summed E-state index contributed by atoms with van der Waals surface area (Å²) < 4.78 is 16.7. The van der Waals surface area contributed by atoms with Crippen molar-refractivity contribution in [2.45, 2.75) is 12.5 Å². The van der Waals surface area contributed by atoms with Gasteiger partial charge in [0.25, 0.3) is 5.91 Å². The van der Waals surface area contributed by atoms with Gasteiger partial charge in [0.1, 0.15) is 17.1 Å². The van der Waals surface area contributed by atoms with E-state index >= 15 is 0 Å². The molecule has 2 heterocycles. The van der Waals surface area contributed by atoms with Crippen molar-refractivity contribution in [1.29, 1.82) is 0 Å². The number of fused-ring (bicyclic) bond motifs is 1. The minimum Gasteiger partial charge on any atom is -0.507 e. The third-order valence-corrected chi connectivity index (χ3v) is 6.51. The second-order valence-corrected chi connectivity index (χ2v) is 8.47. The van der Waals surface area contributed by atoms with Crippen LogP contribution in [0.4, 0.5) is 0 Å². The summed E-state index contributed by atoms with van der Waals surface area (Å²) in [5.74, 6) is 1.38. The van der Waals surface area contributed by atoms with E-state index in [-0.39, 0.29) is 11.7 Å². The molecule has 5 rings (SSSR count). The lowest BCUT2D eigenvalue weighted by Gasteiger charge is -2.27. The van der Waals surface area contributed by atoms with Gasteiger partial charge in [0, 0.05) is 17.7 Å². The highest BCUT2D eigenvalue weighted by molar-refractivity contribution is 6.00. The Morgan fingerprint density at radius 1 is 0.944 bits per heavy atom. The van der Waals surface area contributed by atoms with Gasteiger partial charge < -0.3 is 24.2 Å². The van der Waals surface area contributed by atoms with Crippen LogP contribution >= 0.6 is 0 Å². The van der Waals surface area contributed by atoms with Gasteiger partial charge in [-0.25, -0.2) is 0 Å². The minimum absolute atomic E-state index is 0.0885. The lowest BCUT2D eigenvalue weighted by atomic mass is 9.95. The first-order valence-electron chi connectivity index (χ1n) is 11.6. The number of aromatic nitrogens is 2. The Kier molecular flexibility index (Phi) is 6.25. The number of nitrogens with one attached hydrogen (secondary N) is 1. The summed E-state index contributed by atoms with van der Waals surface area (Å²) in [5, 5.41) is 18.0. The number of carbonyl (C=O) groups excluding carboxylic acids is 1. The molecule has 4 aromatic rings. The molecule has 0 unspecified atom stereocenters. The van der Waals surface area contributed by atoms with Gasteiger partial charge in [-0.2, -0.15) is 5.10 Å². The summed E-state index contributed by atoms with van der Waals surface area (Å²) in [5.41, 5.74) is 4.08. The van der Waals surface area contributed by atoms with Gasteiger partial charge in [0.15, 0.2) is 11.5 Å².